The molecule has 0 bridgehead atoms. The second kappa shape index (κ2) is 6.85. The molecule has 4 N–H and O–H groups in total. The van der Waals surface area contributed by atoms with Crippen LogP contribution in [-0.2, 0) is 0 Å². The summed E-state index contributed by atoms with van der Waals surface area (Å²) in [6.07, 6.45) is 0.728. The Morgan fingerprint density at radius 3 is 2.82 bits per heavy atom. The lowest BCUT2D eigenvalue weighted by Gasteiger charge is -2.11. The van der Waals surface area contributed by atoms with Crippen molar-refractivity contribution in [2.24, 2.45) is 5.92 Å². The zero-order chi connectivity index (χ0) is 12.7. The van der Waals surface area contributed by atoms with Crippen LogP contribution in [0.4, 0.5) is 11.9 Å². The summed E-state index contributed by atoms with van der Waals surface area (Å²) in [5, 5.41) is 11.8. The Labute approximate surface area is 100 Å². The summed E-state index contributed by atoms with van der Waals surface area (Å²) >= 11 is 0. The number of anilines is 2. The molecule has 1 aromatic heterocycles. The lowest BCUT2D eigenvalue weighted by atomic mass is 10.1. The molecule has 1 atom stereocenters. The van der Waals surface area contributed by atoms with Gasteiger partial charge in [-0.3, -0.25) is 0 Å². The number of ether oxygens (including phenoxy) is 1. The summed E-state index contributed by atoms with van der Waals surface area (Å²) in [6, 6.07) is 0.220. The van der Waals surface area contributed by atoms with Gasteiger partial charge in [-0.05, 0) is 19.3 Å². The van der Waals surface area contributed by atoms with Crippen LogP contribution in [0.25, 0.3) is 0 Å². The largest absolute Gasteiger partial charge is 0.464 e. The minimum atomic E-state index is 0.126. The van der Waals surface area contributed by atoms with Crippen LogP contribution in [0.15, 0.2) is 0 Å². The fourth-order valence-corrected chi connectivity index (χ4v) is 1.23. The van der Waals surface area contributed by atoms with Gasteiger partial charge in [-0.25, -0.2) is 0 Å². The van der Waals surface area contributed by atoms with Crippen LogP contribution < -0.4 is 15.8 Å². The van der Waals surface area contributed by atoms with Crippen LogP contribution in [0.3, 0.4) is 0 Å². The molecule has 17 heavy (non-hydrogen) atoms. The highest BCUT2D eigenvalue weighted by Gasteiger charge is 2.06. The van der Waals surface area contributed by atoms with E-state index < -0.39 is 0 Å². The molecule has 0 saturated heterocycles. The van der Waals surface area contributed by atoms with Gasteiger partial charge in [0.15, 0.2) is 0 Å². The molecular formula is C10H19N5O2. The first kappa shape index (κ1) is 13.4. The van der Waals surface area contributed by atoms with Gasteiger partial charge in [-0.1, -0.05) is 6.92 Å². The summed E-state index contributed by atoms with van der Waals surface area (Å²) < 4.78 is 5.16. The molecule has 1 unspecified atom stereocenters. The molecule has 0 spiro atoms. The first-order valence-corrected chi connectivity index (χ1v) is 5.64. The number of nitrogens with one attached hydrogen (secondary N) is 1. The summed E-state index contributed by atoms with van der Waals surface area (Å²) in [4.78, 5) is 11.8. The van der Waals surface area contributed by atoms with E-state index in [0.717, 1.165) is 6.42 Å². The lowest BCUT2D eigenvalue weighted by molar-refractivity contribution is 0.265. The van der Waals surface area contributed by atoms with Crippen LogP contribution >= 0.6 is 0 Å². The van der Waals surface area contributed by atoms with E-state index >= 15 is 0 Å². The summed E-state index contributed by atoms with van der Waals surface area (Å²) in [5.41, 5.74) is 5.53. The lowest BCUT2D eigenvalue weighted by Crippen LogP contribution is -2.15. The van der Waals surface area contributed by atoms with Gasteiger partial charge in [0.05, 0.1) is 6.61 Å². The average Bonchev–Trinajstić information content (AvgIpc) is 2.26. The third-order valence-corrected chi connectivity index (χ3v) is 2.14. The maximum absolute atomic E-state index is 8.78. The van der Waals surface area contributed by atoms with Crippen LogP contribution in [0.5, 0.6) is 6.01 Å². The minimum absolute atomic E-state index is 0.126. The molecule has 0 aliphatic rings. The van der Waals surface area contributed by atoms with Crippen molar-refractivity contribution in [1.82, 2.24) is 15.0 Å². The van der Waals surface area contributed by atoms with E-state index in [1.54, 1.807) is 0 Å². The fraction of sp³-hybridized carbons (Fsp3) is 0.700. The molecular weight excluding hydrogens is 222 g/mol. The van der Waals surface area contributed by atoms with Crippen LogP contribution in [-0.4, -0.2) is 39.8 Å². The quantitative estimate of drug-likeness (QED) is 0.629. The van der Waals surface area contributed by atoms with Crippen molar-refractivity contribution in [3.63, 3.8) is 0 Å². The second-order valence-electron chi connectivity index (χ2n) is 3.73. The van der Waals surface area contributed by atoms with Gasteiger partial charge in [-0.15, -0.1) is 0 Å². The SMILES string of the molecule is CCOc1nc(N)nc(NCC(C)CCO)n1. The minimum Gasteiger partial charge on any atom is -0.464 e. The molecule has 1 aromatic rings. The summed E-state index contributed by atoms with van der Waals surface area (Å²) in [6.45, 7) is 5.18. The van der Waals surface area contributed by atoms with Crippen molar-refractivity contribution in [2.45, 2.75) is 20.3 Å². The zero-order valence-electron chi connectivity index (χ0n) is 10.2. The number of nitrogen functional groups attached to an aromatic ring is 1. The van der Waals surface area contributed by atoms with Gasteiger partial charge < -0.3 is 20.9 Å². The Bertz CT molecular complexity index is 347. The highest BCUT2D eigenvalue weighted by Crippen LogP contribution is 2.10. The number of nitrogens with zero attached hydrogens (tertiary/aromatic N) is 3. The van der Waals surface area contributed by atoms with Crippen molar-refractivity contribution in [2.75, 3.05) is 30.8 Å². The molecule has 7 nitrogen and oxygen atoms in total. The molecule has 0 aliphatic heterocycles. The standard InChI is InChI=1S/C10H19N5O2/c1-3-17-10-14-8(11)13-9(15-10)12-6-7(2)4-5-16/h7,16H,3-6H2,1-2H3,(H3,11,12,13,14,15). The number of rotatable bonds is 7. The zero-order valence-corrected chi connectivity index (χ0v) is 10.2. The van der Waals surface area contributed by atoms with Gasteiger partial charge in [-0.2, -0.15) is 15.0 Å². The van der Waals surface area contributed by atoms with E-state index in [1.807, 2.05) is 13.8 Å². The molecule has 0 aliphatic carbocycles. The molecule has 0 radical (unpaired) electrons. The predicted octanol–water partition coefficient (Wildman–Crippen LogP) is 0.283. The smallest absolute Gasteiger partial charge is 0.323 e. The van der Waals surface area contributed by atoms with E-state index in [0.29, 0.717) is 25.0 Å². The third kappa shape index (κ3) is 4.81. The first-order chi connectivity index (χ1) is 8.15. The number of aliphatic hydroxyl groups excluding tert-OH is 1. The molecule has 1 heterocycles. The molecule has 1 rings (SSSR count). The molecule has 96 valence electrons. The van der Waals surface area contributed by atoms with Crippen molar-refractivity contribution in [3.8, 4) is 6.01 Å². The number of hydrogen-bond donors (Lipinski definition) is 3. The highest BCUT2D eigenvalue weighted by molar-refractivity contribution is 5.32. The molecule has 0 amide bonds. The maximum Gasteiger partial charge on any atom is 0.323 e. The monoisotopic (exact) mass is 241 g/mol. The van der Waals surface area contributed by atoms with Crippen molar-refractivity contribution in [3.05, 3.63) is 0 Å². The number of hydrogen-bond acceptors (Lipinski definition) is 7. The average molecular weight is 241 g/mol. The summed E-state index contributed by atoms with van der Waals surface area (Å²) in [7, 11) is 0. The van der Waals surface area contributed by atoms with E-state index in [-0.39, 0.29) is 18.6 Å². The predicted molar refractivity (Wildman–Crippen MR) is 64.8 cm³/mol. The number of aromatic nitrogens is 3. The number of nitrogens with two attached hydrogens (primary N) is 1. The van der Waals surface area contributed by atoms with Crippen LogP contribution in [0, 0.1) is 5.92 Å². The van der Waals surface area contributed by atoms with Gasteiger partial charge in [0.1, 0.15) is 0 Å². The van der Waals surface area contributed by atoms with E-state index in [2.05, 4.69) is 20.3 Å². The maximum atomic E-state index is 8.78. The third-order valence-electron chi connectivity index (χ3n) is 2.14. The molecule has 0 saturated carbocycles. The van der Waals surface area contributed by atoms with Gasteiger partial charge >= 0.3 is 6.01 Å². The Kier molecular flexibility index (Phi) is 5.41. The van der Waals surface area contributed by atoms with Gasteiger partial charge in [0, 0.05) is 13.2 Å². The Balaban J connectivity index is 2.57. The second-order valence-corrected chi connectivity index (χ2v) is 3.73. The Morgan fingerprint density at radius 1 is 1.41 bits per heavy atom. The van der Waals surface area contributed by atoms with Gasteiger partial charge in [0.25, 0.3) is 0 Å². The summed E-state index contributed by atoms with van der Waals surface area (Å²) in [5.74, 6) is 0.847. The molecule has 0 aromatic carbocycles. The van der Waals surface area contributed by atoms with E-state index in [1.165, 1.54) is 0 Å². The normalized spacial score (nSPS) is 12.2. The van der Waals surface area contributed by atoms with Crippen LogP contribution in [0.2, 0.25) is 0 Å². The fourth-order valence-electron chi connectivity index (χ4n) is 1.23. The van der Waals surface area contributed by atoms with E-state index in [4.69, 9.17) is 15.6 Å². The number of aliphatic hydroxyl groups is 1. The Hall–Kier alpha value is -1.63. The Morgan fingerprint density at radius 2 is 2.18 bits per heavy atom. The first-order valence-electron chi connectivity index (χ1n) is 5.64. The molecule has 7 heteroatoms. The highest BCUT2D eigenvalue weighted by atomic mass is 16.5. The van der Waals surface area contributed by atoms with E-state index in [9.17, 15) is 0 Å². The van der Waals surface area contributed by atoms with Crippen LogP contribution in [0.1, 0.15) is 20.3 Å². The van der Waals surface area contributed by atoms with Crippen molar-refractivity contribution < 1.29 is 9.84 Å². The topological polar surface area (TPSA) is 106 Å². The molecule has 0 fully saturated rings. The van der Waals surface area contributed by atoms with Crippen molar-refractivity contribution >= 4 is 11.9 Å². The van der Waals surface area contributed by atoms with Crippen molar-refractivity contribution in [1.29, 1.82) is 0 Å². The van der Waals surface area contributed by atoms with Gasteiger partial charge in [0.2, 0.25) is 11.9 Å².